The predicted octanol–water partition coefficient (Wildman–Crippen LogP) is 6.82. The molecule has 0 N–H and O–H groups in total. The molecule has 0 spiro atoms. The first kappa shape index (κ1) is 30.8. The van der Waals surface area contributed by atoms with Crippen molar-refractivity contribution in [2.75, 3.05) is 18.2 Å². The van der Waals surface area contributed by atoms with Crippen LogP contribution in [-0.2, 0) is 13.1 Å². The van der Waals surface area contributed by atoms with E-state index >= 15 is 0 Å². The highest BCUT2D eigenvalue weighted by Gasteiger charge is 2.31. The van der Waals surface area contributed by atoms with E-state index in [9.17, 15) is 18.0 Å². The molecule has 0 atom stereocenters. The third kappa shape index (κ3) is 6.67. The summed E-state index contributed by atoms with van der Waals surface area (Å²) >= 11 is 6.14. The van der Waals surface area contributed by atoms with Crippen molar-refractivity contribution in [3.05, 3.63) is 84.2 Å². The van der Waals surface area contributed by atoms with E-state index < -0.39 is 5.51 Å². The number of benzene rings is 2. The molecule has 1 aliphatic rings. The van der Waals surface area contributed by atoms with Gasteiger partial charge >= 0.3 is 5.51 Å². The maximum atomic E-state index is 13.5. The van der Waals surface area contributed by atoms with Crippen LogP contribution in [0.1, 0.15) is 31.3 Å². The van der Waals surface area contributed by atoms with Crippen molar-refractivity contribution in [3.63, 3.8) is 0 Å². The zero-order chi connectivity index (χ0) is 29.0. The zero-order valence-corrected chi connectivity index (χ0v) is 26.7. The SMILES string of the molecule is CC.CCn1c(=O)/c(=C2\Sc3cc(SC)ccc3N2C)s/c1=C\c1scc[n+]1Cc1ccccc1SC(F)(F)F. The molecule has 2 aromatic carbocycles. The van der Waals surface area contributed by atoms with Crippen LogP contribution in [0.4, 0.5) is 18.9 Å². The monoisotopic (exact) mass is 640 g/mol. The van der Waals surface area contributed by atoms with Gasteiger partial charge in [0.05, 0.1) is 17.1 Å². The fourth-order valence-electron chi connectivity index (χ4n) is 4.14. The first-order chi connectivity index (χ1) is 19.2. The Morgan fingerprint density at radius 2 is 1.88 bits per heavy atom. The summed E-state index contributed by atoms with van der Waals surface area (Å²) in [4.78, 5) is 18.0. The molecule has 2 aromatic heterocycles. The van der Waals surface area contributed by atoms with E-state index in [4.69, 9.17) is 0 Å². The van der Waals surface area contributed by atoms with Crippen molar-refractivity contribution in [2.24, 2.45) is 0 Å². The van der Waals surface area contributed by atoms with Crippen molar-refractivity contribution in [2.45, 2.75) is 54.1 Å². The third-order valence-electron chi connectivity index (χ3n) is 5.96. The highest BCUT2D eigenvalue weighted by atomic mass is 32.2. The number of thiazole rings is 2. The topological polar surface area (TPSA) is 29.1 Å². The number of aromatic nitrogens is 2. The summed E-state index contributed by atoms with van der Waals surface area (Å²) in [5, 5.41) is 3.67. The first-order valence-corrected chi connectivity index (χ1v) is 17.1. The molecule has 0 aliphatic carbocycles. The first-order valence-electron chi connectivity index (χ1n) is 12.5. The van der Waals surface area contributed by atoms with Gasteiger partial charge in [-0.1, -0.05) is 55.1 Å². The van der Waals surface area contributed by atoms with Crippen LogP contribution in [0.3, 0.4) is 0 Å². The highest BCUT2D eigenvalue weighted by Crippen LogP contribution is 2.46. The van der Waals surface area contributed by atoms with Gasteiger partial charge in [-0.25, -0.2) is 0 Å². The number of rotatable bonds is 6. The van der Waals surface area contributed by atoms with Crippen LogP contribution in [0.2, 0.25) is 0 Å². The fourth-order valence-corrected chi connectivity index (χ4v) is 8.67. The summed E-state index contributed by atoms with van der Waals surface area (Å²) in [5.74, 6) is 0. The number of thioether (sulfide) groups is 3. The smallest absolute Gasteiger partial charge is 0.337 e. The molecule has 0 saturated carbocycles. The summed E-state index contributed by atoms with van der Waals surface area (Å²) in [6.45, 7) is 6.76. The third-order valence-corrected chi connectivity index (χ3v) is 10.9. The molecule has 12 heteroatoms. The molecule has 3 heterocycles. The summed E-state index contributed by atoms with van der Waals surface area (Å²) in [7, 11) is 1.98. The lowest BCUT2D eigenvalue weighted by molar-refractivity contribution is -0.685. The molecule has 0 radical (unpaired) electrons. The summed E-state index contributed by atoms with van der Waals surface area (Å²) in [6.07, 6.45) is 5.87. The van der Waals surface area contributed by atoms with E-state index in [1.165, 1.54) is 33.6 Å². The van der Waals surface area contributed by atoms with Crippen molar-refractivity contribution in [1.82, 2.24) is 4.57 Å². The number of nitrogens with zero attached hydrogens (tertiary/aromatic N) is 3. The molecule has 0 saturated heterocycles. The van der Waals surface area contributed by atoms with E-state index in [0.717, 1.165) is 25.3 Å². The molecule has 5 rings (SSSR count). The molecular weight excluding hydrogens is 612 g/mol. The van der Waals surface area contributed by atoms with Gasteiger partial charge < -0.3 is 4.90 Å². The van der Waals surface area contributed by atoms with Gasteiger partial charge in [-0.15, -0.1) is 23.1 Å². The van der Waals surface area contributed by atoms with Crippen molar-refractivity contribution in [1.29, 1.82) is 0 Å². The molecule has 0 bridgehead atoms. The van der Waals surface area contributed by atoms with E-state index in [2.05, 4.69) is 23.1 Å². The molecule has 0 fully saturated rings. The van der Waals surface area contributed by atoms with E-state index in [1.54, 1.807) is 46.3 Å². The molecule has 4 aromatic rings. The molecular formula is C28H29F3N3OS5+. The Kier molecular flexibility index (Phi) is 10.2. The normalized spacial score (nSPS) is 14.8. The van der Waals surface area contributed by atoms with E-state index in [1.807, 2.05) is 56.3 Å². The minimum atomic E-state index is -4.35. The Morgan fingerprint density at radius 1 is 1.12 bits per heavy atom. The Hall–Kier alpha value is -2.12. The van der Waals surface area contributed by atoms with E-state index in [0.29, 0.717) is 23.2 Å². The van der Waals surface area contributed by atoms with Crippen LogP contribution in [-0.4, -0.2) is 23.4 Å². The number of fused-ring (bicyclic) bond motifs is 1. The van der Waals surface area contributed by atoms with Crippen molar-refractivity contribution < 1.29 is 17.7 Å². The molecule has 40 heavy (non-hydrogen) atoms. The number of alkyl halides is 3. The van der Waals surface area contributed by atoms with Crippen LogP contribution < -0.4 is 24.2 Å². The van der Waals surface area contributed by atoms with Crippen LogP contribution in [0.15, 0.2) is 73.5 Å². The van der Waals surface area contributed by atoms with Gasteiger partial charge in [0.1, 0.15) is 14.2 Å². The summed E-state index contributed by atoms with van der Waals surface area (Å²) < 4.78 is 44.4. The fraction of sp³-hybridized carbons (Fsp3) is 0.286. The second-order valence-electron chi connectivity index (χ2n) is 8.29. The number of hydrogen-bond donors (Lipinski definition) is 0. The lowest BCUT2D eigenvalue weighted by atomic mass is 10.2. The van der Waals surface area contributed by atoms with Gasteiger partial charge in [0, 0.05) is 33.8 Å². The Balaban J connectivity index is 0.00000181. The number of anilines is 1. The van der Waals surface area contributed by atoms with Crippen molar-refractivity contribution in [3.8, 4) is 0 Å². The minimum Gasteiger partial charge on any atom is -0.337 e. The average Bonchev–Trinajstić information content (AvgIpc) is 3.60. The largest absolute Gasteiger partial charge is 0.446 e. The minimum absolute atomic E-state index is 0.0361. The van der Waals surface area contributed by atoms with Gasteiger partial charge in [0.25, 0.3) is 10.6 Å². The van der Waals surface area contributed by atoms with Gasteiger partial charge in [-0.05, 0) is 49.2 Å². The summed E-state index contributed by atoms with van der Waals surface area (Å²) in [5.41, 5.74) is -2.72. The number of halogens is 3. The molecule has 0 amide bonds. The van der Waals surface area contributed by atoms with Crippen LogP contribution in [0.25, 0.3) is 11.1 Å². The Bertz CT molecular complexity index is 1670. The standard InChI is InChI=1S/C26H23F3N3OS5.C2H6/c1-4-32-22(37-23(24(32)33)25-30(2)18-10-9-17(34-3)13-20(18)36-25)14-21-31(11-12-35-21)15-16-7-5-6-8-19(16)38-26(27,28)29;1-2/h5-14H,4,15H2,1-3H3;1-2H3/q+1;/b25-23+;. The quantitative estimate of drug-likeness (QED) is 0.170. The van der Waals surface area contributed by atoms with Gasteiger partial charge in [0.15, 0.2) is 12.7 Å². The second-order valence-corrected chi connectivity index (χ2v) is 13.3. The highest BCUT2D eigenvalue weighted by molar-refractivity contribution is 8.08. The van der Waals surface area contributed by atoms with Gasteiger partial charge in [-0.2, -0.15) is 17.7 Å². The Labute approximate surface area is 252 Å². The van der Waals surface area contributed by atoms with Crippen molar-refractivity contribution >= 4 is 74.8 Å². The maximum Gasteiger partial charge on any atom is 0.446 e. The molecule has 4 nitrogen and oxygen atoms in total. The van der Waals surface area contributed by atoms with E-state index in [-0.39, 0.29) is 22.2 Å². The number of hydrogen-bond acceptors (Lipinski definition) is 7. The average molecular weight is 641 g/mol. The molecule has 1 aliphatic heterocycles. The predicted molar refractivity (Wildman–Crippen MR) is 166 cm³/mol. The van der Waals surface area contributed by atoms with Crippen LogP contribution in [0.5, 0.6) is 0 Å². The van der Waals surface area contributed by atoms with Gasteiger partial charge in [0.2, 0.25) is 0 Å². The summed E-state index contributed by atoms with van der Waals surface area (Å²) in [6, 6.07) is 12.9. The van der Waals surface area contributed by atoms with Crippen LogP contribution in [0, 0.1) is 0 Å². The van der Waals surface area contributed by atoms with Crippen LogP contribution >= 0.6 is 58.0 Å². The lowest BCUT2D eigenvalue weighted by Gasteiger charge is -2.12. The molecule has 212 valence electrons. The molecule has 0 unspecified atom stereocenters. The zero-order valence-electron chi connectivity index (χ0n) is 22.6. The Morgan fingerprint density at radius 3 is 2.58 bits per heavy atom. The lowest BCUT2D eigenvalue weighted by Crippen LogP contribution is -2.36. The second kappa shape index (κ2) is 13.2. The van der Waals surface area contributed by atoms with Gasteiger partial charge in [-0.3, -0.25) is 9.36 Å². The maximum absolute atomic E-state index is 13.5.